The summed E-state index contributed by atoms with van der Waals surface area (Å²) in [6.45, 7) is 6.97. The van der Waals surface area contributed by atoms with Gasteiger partial charge >= 0.3 is 0 Å². The van der Waals surface area contributed by atoms with Crippen molar-refractivity contribution in [3.8, 4) is 10.6 Å². The van der Waals surface area contributed by atoms with Crippen molar-refractivity contribution < 1.29 is 9.59 Å². The lowest BCUT2D eigenvalue weighted by Crippen LogP contribution is -2.33. The second-order valence-corrected chi connectivity index (χ2v) is 8.88. The summed E-state index contributed by atoms with van der Waals surface area (Å²) in [5, 5.41) is 5.92. The highest BCUT2D eigenvalue weighted by Crippen LogP contribution is 2.32. The van der Waals surface area contributed by atoms with Crippen LogP contribution < -0.4 is 10.2 Å². The van der Waals surface area contributed by atoms with Crippen molar-refractivity contribution in [2.75, 3.05) is 11.4 Å². The molecule has 6 heteroatoms. The molecule has 0 saturated carbocycles. The molecule has 0 aliphatic carbocycles. The summed E-state index contributed by atoms with van der Waals surface area (Å²) < 4.78 is 0. The van der Waals surface area contributed by atoms with E-state index in [1.54, 1.807) is 16.2 Å². The molecule has 0 radical (unpaired) electrons. The first-order chi connectivity index (χ1) is 15.0. The number of rotatable bonds is 6. The number of para-hydroxylation sites is 1. The SMILES string of the molecule is CCc1cccc(C)c1N1CC(C(=O)NCc2csc(-c3ccccc3C)n2)CC1=O. The average Bonchev–Trinajstić information content (AvgIpc) is 3.39. The Bertz CT molecular complexity index is 1120. The molecule has 4 rings (SSSR count). The summed E-state index contributed by atoms with van der Waals surface area (Å²) in [5.74, 6) is -0.418. The van der Waals surface area contributed by atoms with Crippen LogP contribution in [0.4, 0.5) is 5.69 Å². The zero-order chi connectivity index (χ0) is 22.0. The van der Waals surface area contributed by atoms with Crippen LogP contribution in [-0.4, -0.2) is 23.3 Å². The molecule has 1 aliphatic heterocycles. The maximum Gasteiger partial charge on any atom is 0.227 e. The van der Waals surface area contributed by atoms with Gasteiger partial charge in [0.15, 0.2) is 0 Å². The normalized spacial score (nSPS) is 16.0. The van der Waals surface area contributed by atoms with Gasteiger partial charge in [0, 0.05) is 29.6 Å². The van der Waals surface area contributed by atoms with Crippen LogP contribution in [0.5, 0.6) is 0 Å². The van der Waals surface area contributed by atoms with Crippen LogP contribution in [0.15, 0.2) is 47.8 Å². The Balaban J connectivity index is 1.41. The number of thiazole rings is 1. The largest absolute Gasteiger partial charge is 0.350 e. The van der Waals surface area contributed by atoms with E-state index in [0.29, 0.717) is 13.1 Å². The highest BCUT2D eigenvalue weighted by atomic mass is 32.1. The van der Waals surface area contributed by atoms with Gasteiger partial charge in [-0.2, -0.15) is 0 Å². The predicted octanol–water partition coefficient (Wildman–Crippen LogP) is 4.66. The first kappa shape index (κ1) is 21.2. The van der Waals surface area contributed by atoms with Gasteiger partial charge in [-0.3, -0.25) is 9.59 Å². The van der Waals surface area contributed by atoms with Gasteiger partial charge in [0.1, 0.15) is 5.01 Å². The number of benzene rings is 2. The van der Waals surface area contributed by atoms with Crippen molar-refractivity contribution >= 4 is 28.8 Å². The Labute approximate surface area is 187 Å². The topological polar surface area (TPSA) is 62.3 Å². The Kier molecular flexibility index (Phi) is 6.18. The van der Waals surface area contributed by atoms with Crippen LogP contribution in [0.1, 0.15) is 35.7 Å². The molecular weight excluding hydrogens is 406 g/mol. The molecule has 1 unspecified atom stereocenters. The molecular formula is C25H27N3O2S. The minimum absolute atomic E-state index is 0.0136. The highest BCUT2D eigenvalue weighted by Gasteiger charge is 2.36. The van der Waals surface area contributed by atoms with Gasteiger partial charge in [-0.1, -0.05) is 49.4 Å². The fraction of sp³-hybridized carbons (Fsp3) is 0.320. The van der Waals surface area contributed by atoms with Crippen molar-refractivity contribution in [1.29, 1.82) is 0 Å². The van der Waals surface area contributed by atoms with E-state index in [2.05, 4.69) is 42.3 Å². The van der Waals surface area contributed by atoms with Gasteiger partial charge in [-0.15, -0.1) is 11.3 Å². The van der Waals surface area contributed by atoms with Gasteiger partial charge in [0.2, 0.25) is 11.8 Å². The summed E-state index contributed by atoms with van der Waals surface area (Å²) in [6.07, 6.45) is 1.10. The summed E-state index contributed by atoms with van der Waals surface area (Å²) in [7, 11) is 0. The first-order valence-electron chi connectivity index (χ1n) is 10.6. The van der Waals surface area contributed by atoms with E-state index < -0.39 is 0 Å². The van der Waals surface area contributed by atoms with Crippen LogP contribution in [0.3, 0.4) is 0 Å². The Morgan fingerprint density at radius 3 is 2.71 bits per heavy atom. The minimum Gasteiger partial charge on any atom is -0.350 e. The lowest BCUT2D eigenvalue weighted by Gasteiger charge is -2.22. The number of hydrogen-bond acceptors (Lipinski definition) is 4. The summed E-state index contributed by atoms with van der Waals surface area (Å²) in [6, 6.07) is 14.2. The van der Waals surface area contributed by atoms with E-state index in [1.165, 1.54) is 5.56 Å². The number of carbonyl (C=O) groups excluding carboxylic acids is 2. The van der Waals surface area contributed by atoms with E-state index in [0.717, 1.165) is 39.5 Å². The Hall–Kier alpha value is -2.99. The second-order valence-electron chi connectivity index (χ2n) is 8.02. The van der Waals surface area contributed by atoms with Gasteiger partial charge in [0.05, 0.1) is 18.2 Å². The third-order valence-corrected chi connectivity index (χ3v) is 6.76. The maximum atomic E-state index is 12.8. The molecule has 31 heavy (non-hydrogen) atoms. The maximum absolute atomic E-state index is 12.8. The van der Waals surface area contributed by atoms with Gasteiger partial charge < -0.3 is 10.2 Å². The molecule has 1 saturated heterocycles. The van der Waals surface area contributed by atoms with E-state index in [1.807, 2.05) is 36.6 Å². The first-order valence-corrected chi connectivity index (χ1v) is 11.5. The molecule has 0 spiro atoms. The number of aryl methyl sites for hydroxylation is 3. The Morgan fingerprint density at radius 2 is 1.94 bits per heavy atom. The lowest BCUT2D eigenvalue weighted by molar-refractivity contribution is -0.126. The molecule has 1 N–H and O–H groups in total. The number of nitrogens with one attached hydrogen (secondary N) is 1. The van der Waals surface area contributed by atoms with Crippen LogP contribution >= 0.6 is 11.3 Å². The van der Waals surface area contributed by atoms with Crippen molar-refractivity contribution in [2.24, 2.45) is 5.92 Å². The Morgan fingerprint density at radius 1 is 1.16 bits per heavy atom. The average molecular weight is 434 g/mol. The third-order valence-electron chi connectivity index (χ3n) is 5.84. The number of carbonyl (C=O) groups is 2. The van der Waals surface area contributed by atoms with Gasteiger partial charge in [-0.05, 0) is 37.0 Å². The summed E-state index contributed by atoms with van der Waals surface area (Å²) in [5.41, 5.74) is 6.31. The van der Waals surface area contributed by atoms with E-state index in [9.17, 15) is 9.59 Å². The smallest absolute Gasteiger partial charge is 0.227 e. The van der Waals surface area contributed by atoms with Crippen LogP contribution in [0, 0.1) is 19.8 Å². The van der Waals surface area contributed by atoms with Crippen molar-refractivity contribution in [1.82, 2.24) is 10.3 Å². The molecule has 1 atom stereocenters. The zero-order valence-electron chi connectivity index (χ0n) is 18.1. The van der Waals surface area contributed by atoms with Gasteiger partial charge in [-0.25, -0.2) is 4.98 Å². The molecule has 2 heterocycles. The molecule has 1 fully saturated rings. The third kappa shape index (κ3) is 4.39. The predicted molar refractivity (Wildman–Crippen MR) is 125 cm³/mol. The summed E-state index contributed by atoms with van der Waals surface area (Å²) >= 11 is 1.58. The fourth-order valence-corrected chi connectivity index (χ4v) is 5.05. The number of aromatic nitrogens is 1. The molecule has 1 aromatic heterocycles. The van der Waals surface area contributed by atoms with Crippen molar-refractivity contribution in [2.45, 2.75) is 40.2 Å². The molecule has 1 aliphatic rings. The molecule has 160 valence electrons. The number of hydrogen-bond donors (Lipinski definition) is 1. The molecule has 5 nitrogen and oxygen atoms in total. The number of amides is 2. The van der Waals surface area contributed by atoms with Crippen LogP contribution in [-0.2, 0) is 22.6 Å². The number of nitrogens with zero attached hydrogens (tertiary/aromatic N) is 2. The molecule has 3 aromatic rings. The van der Waals surface area contributed by atoms with Gasteiger partial charge in [0.25, 0.3) is 0 Å². The van der Waals surface area contributed by atoms with Crippen LogP contribution in [0.25, 0.3) is 10.6 Å². The fourth-order valence-electron chi connectivity index (χ4n) is 4.14. The summed E-state index contributed by atoms with van der Waals surface area (Å²) in [4.78, 5) is 32.0. The van der Waals surface area contributed by atoms with Crippen molar-refractivity contribution in [3.63, 3.8) is 0 Å². The van der Waals surface area contributed by atoms with E-state index in [-0.39, 0.29) is 24.2 Å². The monoisotopic (exact) mass is 433 g/mol. The molecule has 2 amide bonds. The second kappa shape index (κ2) is 9.02. The quantitative estimate of drug-likeness (QED) is 0.615. The van der Waals surface area contributed by atoms with E-state index in [4.69, 9.17) is 0 Å². The van der Waals surface area contributed by atoms with E-state index >= 15 is 0 Å². The molecule has 2 aromatic carbocycles. The van der Waals surface area contributed by atoms with Crippen LogP contribution in [0.2, 0.25) is 0 Å². The lowest BCUT2D eigenvalue weighted by atomic mass is 10.0. The highest BCUT2D eigenvalue weighted by molar-refractivity contribution is 7.13. The molecule has 0 bridgehead atoms. The zero-order valence-corrected chi connectivity index (χ0v) is 19.0. The minimum atomic E-state index is -0.341. The van der Waals surface area contributed by atoms with Crippen molar-refractivity contribution in [3.05, 3.63) is 70.2 Å². The number of anilines is 1. The standard InChI is InChI=1S/C25H27N3O2S/c1-4-18-10-7-9-17(3)23(18)28-14-19(12-22(28)29)24(30)26-13-20-15-31-25(27-20)21-11-6-5-8-16(21)2/h5-11,15,19H,4,12-14H2,1-3H3,(H,26,30).